The van der Waals surface area contributed by atoms with Crippen molar-refractivity contribution in [3.8, 4) is 5.75 Å². The number of carbonyl (C=O) groups is 3. The van der Waals surface area contributed by atoms with E-state index in [0.29, 0.717) is 26.2 Å². The Kier molecular flexibility index (Phi) is 8.88. The van der Waals surface area contributed by atoms with Crippen molar-refractivity contribution in [3.05, 3.63) is 64.4 Å². The Labute approximate surface area is 212 Å². The Morgan fingerprint density at radius 2 is 1.86 bits per heavy atom. The Bertz CT molecular complexity index is 1240. The summed E-state index contributed by atoms with van der Waals surface area (Å²) in [7, 11) is -4.36. The lowest BCUT2D eigenvalue weighted by Crippen LogP contribution is -2.54. The number of hydrogen-bond donors (Lipinski definition) is 2. The highest BCUT2D eigenvalue weighted by atomic mass is 35.5. The van der Waals surface area contributed by atoms with Crippen LogP contribution in [0.5, 0.6) is 5.75 Å². The molecule has 2 aromatic rings. The third-order valence-corrected chi connectivity index (χ3v) is 6.94. The van der Waals surface area contributed by atoms with Gasteiger partial charge < -0.3 is 14.7 Å². The lowest BCUT2D eigenvalue weighted by atomic mass is 10.1. The van der Waals surface area contributed by atoms with Crippen LogP contribution in [0.3, 0.4) is 0 Å². The van der Waals surface area contributed by atoms with Gasteiger partial charge in [-0.15, -0.1) is 0 Å². The largest absolute Gasteiger partial charge is 0.483 e. The van der Waals surface area contributed by atoms with E-state index >= 15 is 0 Å². The molecule has 10 nitrogen and oxygen atoms in total. The first-order chi connectivity index (χ1) is 16.9. The molecule has 36 heavy (non-hydrogen) atoms. The van der Waals surface area contributed by atoms with Crippen molar-refractivity contribution in [2.75, 3.05) is 26.2 Å². The standard InChI is InChI=1S/C23H25ClFN3O7S/c1-15-11-27(12-16-2-5-19(25)6-3-16)8-9-28(15)21(29)13-35-20-7-4-18(24)10-17(20)14-36(33,34)26-22(30)23(31)32/h2-7,10,15H,8-9,11-14H2,1H3,(H,26,30)(H,31,32)/t15-/m1/s1. The topological polar surface area (TPSA) is 133 Å². The van der Waals surface area contributed by atoms with Crippen molar-refractivity contribution < 1.29 is 37.0 Å². The van der Waals surface area contributed by atoms with Gasteiger partial charge >= 0.3 is 11.9 Å². The summed E-state index contributed by atoms with van der Waals surface area (Å²) in [6.07, 6.45) is 0. The van der Waals surface area contributed by atoms with Gasteiger partial charge in [0.1, 0.15) is 11.6 Å². The number of benzene rings is 2. The third kappa shape index (κ3) is 7.64. The summed E-state index contributed by atoms with van der Waals surface area (Å²) in [5.41, 5.74) is 1.02. The number of ether oxygens (including phenoxy) is 1. The number of halogens is 2. The number of rotatable bonds is 8. The molecule has 2 N–H and O–H groups in total. The van der Waals surface area contributed by atoms with Gasteiger partial charge in [0, 0.05) is 42.8 Å². The Morgan fingerprint density at radius 3 is 2.50 bits per heavy atom. The van der Waals surface area contributed by atoms with E-state index in [1.807, 2.05) is 6.92 Å². The van der Waals surface area contributed by atoms with Gasteiger partial charge in [0.25, 0.3) is 5.91 Å². The van der Waals surface area contributed by atoms with Crippen LogP contribution in [0.4, 0.5) is 4.39 Å². The first kappa shape index (κ1) is 27.4. The number of hydrogen-bond acceptors (Lipinski definition) is 7. The highest BCUT2D eigenvalue weighted by molar-refractivity contribution is 7.89. The van der Waals surface area contributed by atoms with Crippen molar-refractivity contribution in [2.24, 2.45) is 0 Å². The van der Waals surface area contributed by atoms with E-state index in [1.165, 1.54) is 35.1 Å². The fraction of sp³-hybridized carbons (Fsp3) is 0.348. The van der Waals surface area contributed by atoms with Gasteiger partial charge in [0.15, 0.2) is 6.61 Å². The molecule has 3 rings (SSSR count). The highest BCUT2D eigenvalue weighted by Crippen LogP contribution is 2.25. The van der Waals surface area contributed by atoms with Crippen molar-refractivity contribution in [1.82, 2.24) is 14.5 Å². The van der Waals surface area contributed by atoms with Crippen LogP contribution in [-0.4, -0.2) is 73.4 Å². The molecule has 1 aliphatic heterocycles. The lowest BCUT2D eigenvalue weighted by molar-refractivity contribution is -0.149. The average Bonchev–Trinajstić information content (AvgIpc) is 2.79. The van der Waals surface area contributed by atoms with Gasteiger partial charge in [-0.3, -0.25) is 14.5 Å². The SMILES string of the molecule is C[C@@H]1CN(Cc2ccc(F)cc2)CCN1C(=O)COc1ccc(Cl)cc1CS(=O)(=O)NC(=O)C(=O)O. The van der Waals surface area contributed by atoms with Crippen LogP contribution in [0.15, 0.2) is 42.5 Å². The molecule has 2 aromatic carbocycles. The lowest BCUT2D eigenvalue weighted by Gasteiger charge is -2.39. The molecule has 0 aliphatic carbocycles. The maximum atomic E-state index is 13.1. The fourth-order valence-electron chi connectivity index (χ4n) is 3.84. The number of nitrogens with zero attached hydrogens (tertiary/aromatic N) is 2. The van der Waals surface area contributed by atoms with E-state index in [-0.39, 0.29) is 40.7 Å². The van der Waals surface area contributed by atoms with Crippen LogP contribution >= 0.6 is 11.6 Å². The molecule has 0 saturated carbocycles. The minimum atomic E-state index is -4.36. The van der Waals surface area contributed by atoms with E-state index in [9.17, 15) is 27.2 Å². The molecular weight excluding hydrogens is 517 g/mol. The molecule has 194 valence electrons. The molecule has 0 spiro atoms. The quantitative estimate of drug-likeness (QED) is 0.482. The summed E-state index contributed by atoms with van der Waals surface area (Å²) in [5, 5.41) is 8.81. The highest BCUT2D eigenvalue weighted by Gasteiger charge is 2.28. The van der Waals surface area contributed by atoms with Crippen molar-refractivity contribution in [1.29, 1.82) is 0 Å². The predicted octanol–water partition coefficient (Wildman–Crippen LogP) is 1.62. The zero-order valence-electron chi connectivity index (χ0n) is 19.3. The second-order valence-corrected chi connectivity index (χ2v) is 10.5. The number of carboxylic acids is 1. The summed E-state index contributed by atoms with van der Waals surface area (Å²) in [6, 6.07) is 10.3. The molecule has 1 fully saturated rings. The Morgan fingerprint density at radius 1 is 1.17 bits per heavy atom. The first-order valence-electron chi connectivity index (χ1n) is 10.9. The summed E-state index contributed by atoms with van der Waals surface area (Å²) in [5.74, 6) is -4.96. The predicted molar refractivity (Wildman–Crippen MR) is 128 cm³/mol. The van der Waals surface area contributed by atoms with Crippen LogP contribution in [0, 0.1) is 5.82 Å². The van der Waals surface area contributed by atoms with E-state index in [1.54, 1.807) is 17.0 Å². The van der Waals surface area contributed by atoms with E-state index in [4.69, 9.17) is 21.4 Å². The molecule has 1 heterocycles. The molecular formula is C23H25ClFN3O7S. The zero-order chi connectivity index (χ0) is 26.5. The van der Waals surface area contributed by atoms with Crippen LogP contribution in [-0.2, 0) is 36.7 Å². The Hall–Kier alpha value is -3.22. The molecule has 0 unspecified atom stereocenters. The fourth-order valence-corrected chi connectivity index (χ4v) is 5.12. The molecule has 1 aliphatic rings. The van der Waals surface area contributed by atoms with Crippen LogP contribution in [0.25, 0.3) is 0 Å². The number of amides is 2. The number of nitrogens with one attached hydrogen (secondary N) is 1. The minimum Gasteiger partial charge on any atom is -0.483 e. The maximum absolute atomic E-state index is 13.1. The van der Waals surface area contributed by atoms with Crippen LogP contribution in [0.2, 0.25) is 5.02 Å². The van der Waals surface area contributed by atoms with Crippen LogP contribution in [0.1, 0.15) is 18.1 Å². The molecule has 13 heteroatoms. The van der Waals surface area contributed by atoms with Gasteiger partial charge in [0.05, 0.1) is 5.75 Å². The van der Waals surface area contributed by atoms with Crippen molar-refractivity contribution in [3.63, 3.8) is 0 Å². The normalized spacial score (nSPS) is 16.4. The number of sulfonamides is 1. The number of carboxylic acid groups (broad SMARTS) is 1. The molecule has 1 atom stereocenters. The number of carbonyl (C=O) groups excluding carboxylic acids is 2. The summed E-state index contributed by atoms with van der Waals surface area (Å²) >= 11 is 5.95. The second kappa shape index (κ2) is 11.7. The number of piperazine rings is 1. The van der Waals surface area contributed by atoms with Gasteiger partial charge in [-0.2, -0.15) is 0 Å². The van der Waals surface area contributed by atoms with Gasteiger partial charge in [-0.1, -0.05) is 23.7 Å². The van der Waals surface area contributed by atoms with Crippen molar-refractivity contribution in [2.45, 2.75) is 25.3 Å². The summed E-state index contributed by atoms with van der Waals surface area (Å²) < 4.78 is 44.5. The smallest absolute Gasteiger partial charge is 0.395 e. The average molecular weight is 542 g/mol. The molecule has 0 radical (unpaired) electrons. The molecule has 1 saturated heterocycles. The van der Waals surface area contributed by atoms with E-state index in [0.717, 1.165) is 5.56 Å². The zero-order valence-corrected chi connectivity index (χ0v) is 20.9. The molecule has 2 amide bonds. The minimum absolute atomic E-state index is 0.0538. The van der Waals surface area contributed by atoms with Crippen LogP contribution < -0.4 is 9.46 Å². The molecule has 0 bridgehead atoms. The van der Waals surface area contributed by atoms with Crippen molar-refractivity contribution >= 4 is 39.4 Å². The first-order valence-corrected chi connectivity index (χ1v) is 12.9. The second-order valence-electron chi connectivity index (χ2n) is 8.33. The summed E-state index contributed by atoms with van der Waals surface area (Å²) in [4.78, 5) is 38.6. The monoisotopic (exact) mass is 541 g/mol. The summed E-state index contributed by atoms with van der Waals surface area (Å²) in [6.45, 7) is 3.84. The van der Waals surface area contributed by atoms with E-state index < -0.39 is 27.7 Å². The third-order valence-electron chi connectivity index (χ3n) is 5.51. The maximum Gasteiger partial charge on any atom is 0.395 e. The Balaban J connectivity index is 1.59. The van der Waals surface area contributed by atoms with E-state index in [2.05, 4.69) is 4.90 Å². The van der Waals surface area contributed by atoms with Gasteiger partial charge in [0.2, 0.25) is 10.0 Å². The number of aliphatic carboxylic acids is 1. The van der Waals surface area contributed by atoms with Gasteiger partial charge in [-0.05, 0) is 42.8 Å². The van der Waals surface area contributed by atoms with Gasteiger partial charge in [-0.25, -0.2) is 22.3 Å². The molecule has 0 aromatic heterocycles.